The van der Waals surface area contributed by atoms with Crippen LogP contribution in [0, 0.1) is 12.3 Å². The third kappa shape index (κ3) is 4.29. The molecule has 1 atom stereocenters. The van der Waals surface area contributed by atoms with E-state index in [1.165, 1.54) is 61.4 Å². The van der Waals surface area contributed by atoms with Crippen molar-refractivity contribution in [2.24, 2.45) is 11.1 Å². The average molecular weight is 309 g/mol. The van der Waals surface area contributed by atoms with Crippen molar-refractivity contribution in [1.29, 1.82) is 0 Å². The highest BCUT2D eigenvalue weighted by molar-refractivity contribution is 7.98. The van der Waals surface area contributed by atoms with E-state index in [-0.39, 0.29) is 6.04 Å². The van der Waals surface area contributed by atoms with E-state index in [9.17, 15) is 0 Å². The molecule has 0 aliphatic heterocycles. The van der Waals surface area contributed by atoms with Crippen LogP contribution in [-0.2, 0) is 13.0 Å². The summed E-state index contributed by atoms with van der Waals surface area (Å²) in [4.78, 5) is 0. The maximum atomic E-state index is 6.40. The Labute approximate surface area is 134 Å². The van der Waals surface area contributed by atoms with Crippen LogP contribution in [0.4, 0.5) is 0 Å². The van der Waals surface area contributed by atoms with E-state index < -0.39 is 0 Å². The summed E-state index contributed by atoms with van der Waals surface area (Å²) in [6.07, 6.45) is 9.86. The van der Waals surface area contributed by atoms with E-state index in [0.29, 0.717) is 5.41 Å². The lowest BCUT2D eigenvalue weighted by Crippen LogP contribution is -2.30. The molecule has 0 amide bonds. The van der Waals surface area contributed by atoms with Crippen LogP contribution in [0.3, 0.4) is 0 Å². The van der Waals surface area contributed by atoms with Crippen LogP contribution in [0.25, 0.3) is 0 Å². The minimum absolute atomic E-state index is 0.227. The second-order valence-electron chi connectivity index (χ2n) is 7.40. The monoisotopic (exact) mass is 308 g/mol. The summed E-state index contributed by atoms with van der Waals surface area (Å²) in [7, 11) is 0. The lowest BCUT2D eigenvalue weighted by Gasteiger charge is -2.34. The molecule has 0 spiro atoms. The molecule has 0 fully saturated rings. The van der Waals surface area contributed by atoms with Crippen LogP contribution < -0.4 is 5.73 Å². The van der Waals surface area contributed by atoms with E-state index in [0.717, 1.165) is 6.42 Å². The van der Waals surface area contributed by atoms with Gasteiger partial charge in [0.2, 0.25) is 0 Å². The topological polar surface area (TPSA) is 30.9 Å². The summed E-state index contributed by atoms with van der Waals surface area (Å²) in [6.45, 7) is 8.12. The first-order chi connectivity index (χ1) is 9.94. The minimum atomic E-state index is 0.227. The number of hydrogen-bond acceptors (Lipinski definition) is 2. The van der Waals surface area contributed by atoms with Crippen molar-refractivity contribution in [1.82, 2.24) is 4.57 Å². The molecule has 0 bridgehead atoms. The number of aromatic nitrogens is 1. The van der Waals surface area contributed by atoms with Crippen LogP contribution in [-0.4, -0.2) is 16.6 Å². The number of fused-ring (bicyclic) bond motifs is 1. The standard InChI is InChI=1S/C18H32N2S/c1-14-11-15-16(19)12-18(2,3)13-17(15)20(14)9-7-5-6-8-10-21-4/h11,16H,5-10,12-13,19H2,1-4H3. The Morgan fingerprint density at radius 2 is 2.00 bits per heavy atom. The Hall–Kier alpha value is -0.410. The van der Waals surface area contributed by atoms with E-state index in [1.54, 1.807) is 0 Å². The van der Waals surface area contributed by atoms with Crippen LogP contribution in [0.1, 0.15) is 68.9 Å². The summed E-state index contributed by atoms with van der Waals surface area (Å²) in [5.41, 5.74) is 11.1. The smallest absolute Gasteiger partial charge is 0.0318 e. The van der Waals surface area contributed by atoms with Crippen LogP contribution in [0.15, 0.2) is 6.07 Å². The molecule has 1 heterocycles. The zero-order chi connectivity index (χ0) is 15.5. The van der Waals surface area contributed by atoms with Gasteiger partial charge in [0, 0.05) is 24.0 Å². The van der Waals surface area contributed by atoms with Crippen molar-refractivity contribution in [2.75, 3.05) is 12.0 Å². The Bertz CT molecular complexity index is 462. The quantitative estimate of drug-likeness (QED) is 0.741. The van der Waals surface area contributed by atoms with Gasteiger partial charge in [-0.1, -0.05) is 26.7 Å². The molecule has 0 saturated carbocycles. The van der Waals surface area contributed by atoms with Crippen molar-refractivity contribution in [3.63, 3.8) is 0 Å². The molecule has 1 aliphatic rings. The summed E-state index contributed by atoms with van der Waals surface area (Å²) in [6, 6.07) is 2.56. The third-order valence-electron chi connectivity index (χ3n) is 4.75. The predicted molar refractivity (Wildman–Crippen MR) is 95.0 cm³/mol. The Morgan fingerprint density at radius 3 is 2.71 bits per heavy atom. The van der Waals surface area contributed by atoms with Crippen LogP contribution in [0.2, 0.25) is 0 Å². The first kappa shape index (κ1) is 17.0. The molecule has 21 heavy (non-hydrogen) atoms. The number of rotatable bonds is 7. The van der Waals surface area contributed by atoms with Crippen molar-refractivity contribution in [2.45, 2.75) is 71.9 Å². The fourth-order valence-corrected chi connectivity index (χ4v) is 4.18. The number of unbranched alkanes of at least 4 members (excludes halogenated alkanes) is 3. The van der Waals surface area contributed by atoms with Gasteiger partial charge in [-0.3, -0.25) is 0 Å². The summed E-state index contributed by atoms with van der Waals surface area (Å²) < 4.78 is 2.55. The van der Waals surface area contributed by atoms with Gasteiger partial charge in [-0.25, -0.2) is 0 Å². The van der Waals surface area contributed by atoms with Gasteiger partial charge in [0.1, 0.15) is 0 Å². The van der Waals surface area contributed by atoms with Gasteiger partial charge in [0.15, 0.2) is 0 Å². The molecule has 1 aromatic rings. The second kappa shape index (κ2) is 7.23. The molecule has 2 nitrogen and oxygen atoms in total. The Morgan fingerprint density at radius 1 is 1.29 bits per heavy atom. The first-order valence-corrected chi connectivity index (χ1v) is 9.77. The number of thioether (sulfide) groups is 1. The number of aryl methyl sites for hydroxylation is 1. The molecular weight excluding hydrogens is 276 g/mol. The zero-order valence-corrected chi connectivity index (χ0v) is 15.1. The molecule has 0 aromatic carbocycles. The van der Waals surface area contributed by atoms with Crippen molar-refractivity contribution in [3.05, 3.63) is 23.0 Å². The van der Waals surface area contributed by atoms with Gasteiger partial charge in [-0.05, 0) is 61.7 Å². The average Bonchev–Trinajstić information content (AvgIpc) is 2.69. The SMILES string of the molecule is CSCCCCCCn1c(C)cc2c1CC(C)(C)CC2N. The highest BCUT2D eigenvalue weighted by atomic mass is 32.2. The third-order valence-corrected chi connectivity index (χ3v) is 5.44. The van der Waals surface area contributed by atoms with Crippen LogP contribution in [0.5, 0.6) is 0 Å². The van der Waals surface area contributed by atoms with Crippen molar-refractivity contribution >= 4 is 11.8 Å². The Kier molecular flexibility index (Phi) is 5.84. The normalized spacial score (nSPS) is 20.5. The van der Waals surface area contributed by atoms with Gasteiger partial charge < -0.3 is 10.3 Å². The van der Waals surface area contributed by atoms with Gasteiger partial charge in [-0.15, -0.1) is 0 Å². The summed E-state index contributed by atoms with van der Waals surface area (Å²) in [5.74, 6) is 1.31. The fourth-order valence-electron chi connectivity index (χ4n) is 3.69. The molecule has 0 saturated heterocycles. The lowest BCUT2D eigenvalue weighted by atomic mass is 9.74. The van der Waals surface area contributed by atoms with E-state index >= 15 is 0 Å². The van der Waals surface area contributed by atoms with Gasteiger partial charge in [0.05, 0.1) is 0 Å². The summed E-state index contributed by atoms with van der Waals surface area (Å²) >= 11 is 1.96. The molecule has 0 radical (unpaired) electrons. The van der Waals surface area contributed by atoms with E-state index in [1.807, 2.05) is 11.8 Å². The van der Waals surface area contributed by atoms with Gasteiger partial charge in [0.25, 0.3) is 0 Å². The molecule has 1 aromatic heterocycles. The number of nitrogens with zero attached hydrogens (tertiary/aromatic N) is 1. The zero-order valence-electron chi connectivity index (χ0n) is 14.2. The number of hydrogen-bond donors (Lipinski definition) is 1. The lowest BCUT2D eigenvalue weighted by molar-refractivity contribution is 0.274. The molecule has 120 valence electrons. The fraction of sp³-hybridized carbons (Fsp3) is 0.778. The van der Waals surface area contributed by atoms with E-state index in [4.69, 9.17) is 5.73 Å². The molecule has 1 aliphatic carbocycles. The second-order valence-corrected chi connectivity index (χ2v) is 8.38. The maximum Gasteiger partial charge on any atom is 0.0318 e. The van der Waals surface area contributed by atoms with Crippen LogP contribution >= 0.6 is 11.8 Å². The largest absolute Gasteiger partial charge is 0.349 e. The minimum Gasteiger partial charge on any atom is -0.349 e. The molecule has 2 N–H and O–H groups in total. The molecule has 3 heteroatoms. The highest BCUT2D eigenvalue weighted by Crippen LogP contribution is 2.40. The predicted octanol–water partition coefficient (Wildman–Crippen LogP) is 4.69. The first-order valence-electron chi connectivity index (χ1n) is 8.38. The van der Waals surface area contributed by atoms with Crippen molar-refractivity contribution in [3.8, 4) is 0 Å². The maximum absolute atomic E-state index is 6.40. The number of nitrogens with two attached hydrogens (primary N) is 1. The van der Waals surface area contributed by atoms with Gasteiger partial charge in [-0.2, -0.15) is 11.8 Å². The molecular formula is C18H32N2S. The van der Waals surface area contributed by atoms with Crippen molar-refractivity contribution < 1.29 is 0 Å². The van der Waals surface area contributed by atoms with E-state index in [2.05, 4.69) is 37.7 Å². The molecule has 2 rings (SSSR count). The summed E-state index contributed by atoms with van der Waals surface area (Å²) in [5, 5.41) is 0. The van der Waals surface area contributed by atoms with Gasteiger partial charge >= 0.3 is 0 Å². The highest BCUT2D eigenvalue weighted by Gasteiger charge is 2.33. The molecule has 1 unspecified atom stereocenters. The Balaban J connectivity index is 1.98.